The lowest BCUT2D eigenvalue weighted by Gasteiger charge is -2.20. The van der Waals surface area contributed by atoms with Crippen molar-refractivity contribution in [3.05, 3.63) is 66.1 Å². The standard InChI is InChI=1S/C21H15F4N3O3/c1-12-19(29)28(14-5-7-15(8-6-14)31-21(23,24)25)20(30)27(12)11-13-9-10-26-17-4-2-3-16(22)18(13)17/h2-10,12H,11H2,1H3. The Balaban J connectivity index is 1.61. The summed E-state index contributed by atoms with van der Waals surface area (Å²) < 4.78 is 55.2. The molecule has 31 heavy (non-hydrogen) atoms. The van der Waals surface area contributed by atoms with E-state index in [2.05, 4.69) is 9.72 Å². The Hall–Kier alpha value is -3.69. The first kappa shape index (κ1) is 20.6. The van der Waals surface area contributed by atoms with Gasteiger partial charge in [0.15, 0.2) is 0 Å². The number of aromatic nitrogens is 1. The second-order valence-electron chi connectivity index (χ2n) is 6.91. The first-order chi connectivity index (χ1) is 14.7. The number of hydrogen-bond donors (Lipinski definition) is 0. The molecule has 1 aromatic heterocycles. The van der Waals surface area contributed by atoms with Crippen molar-refractivity contribution in [3.63, 3.8) is 0 Å². The molecule has 4 rings (SSSR count). The summed E-state index contributed by atoms with van der Waals surface area (Å²) in [7, 11) is 0. The van der Waals surface area contributed by atoms with Crippen molar-refractivity contribution in [3.8, 4) is 5.75 Å². The van der Waals surface area contributed by atoms with Gasteiger partial charge in [0.1, 0.15) is 17.6 Å². The van der Waals surface area contributed by atoms with Crippen LogP contribution in [0.15, 0.2) is 54.7 Å². The summed E-state index contributed by atoms with van der Waals surface area (Å²) in [6.45, 7) is 1.48. The van der Waals surface area contributed by atoms with Gasteiger partial charge in [-0.05, 0) is 55.0 Å². The molecule has 0 bridgehead atoms. The number of pyridine rings is 1. The van der Waals surface area contributed by atoms with Crippen LogP contribution in [-0.4, -0.2) is 34.2 Å². The van der Waals surface area contributed by atoms with Crippen molar-refractivity contribution in [1.82, 2.24) is 9.88 Å². The van der Waals surface area contributed by atoms with Gasteiger partial charge >= 0.3 is 12.4 Å². The number of nitrogens with zero attached hydrogens (tertiary/aromatic N) is 3. The average molecular weight is 433 g/mol. The monoisotopic (exact) mass is 433 g/mol. The number of hydrogen-bond acceptors (Lipinski definition) is 4. The van der Waals surface area contributed by atoms with Crippen LogP contribution < -0.4 is 9.64 Å². The number of amides is 3. The third kappa shape index (κ3) is 3.88. The molecule has 0 spiro atoms. The van der Waals surface area contributed by atoms with Gasteiger partial charge < -0.3 is 9.64 Å². The van der Waals surface area contributed by atoms with Crippen LogP contribution in [0.5, 0.6) is 5.75 Å². The van der Waals surface area contributed by atoms with Crippen LogP contribution in [0.2, 0.25) is 0 Å². The number of alkyl halides is 3. The summed E-state index contributed by atoms with van der Waals surface area (Å²) in [4.78, 5) is 32.0. The first-order valence-corrected chi connectivity index (χ1v) is 9.18. The second kappa shape index (κ2) is 7.53. The van der Waals surface area contributed by atoms with Gasteiger partial charge in [-0.25, -0.2) is 14.1 Å². The Morgan fingerprint density at radius 3 is 2.45 bits per heavy atom. The highest BCUT2D eigenvalue weighted by atomic mass is 19.4. The van der Waals surface area contributed by atoms with E-state index in [1.807, 2.05) is 0 Å². The van der Waals surface area contributed by atoms with E-state index in [-0.39, 0.29) is 17.6 Å². The Morgan fingerprint density at radius 1 is 1.06 bits per heavy atom. The van der Waals surface area contributed by atoms with Crippen LogP contribution in [0.1, 0.15) is 12.5 Å². The second-order valence-corrected chi connectivity index (χ2v) is 6.91. The highest BCUT2D eigenvalue weighted by molar-refractivity contribution is 6.21. The molecular weight excluding hydrogens is 418 g/mol. The molecule has 1 aliphatic heterocycles. The van der Waals surface area contributed by atoms with E-state index in [0.29, 0.717) is 11.1 Å². The van der Waals surface area contributed by atoms with E-state index in [9.17, 15) is 27.2 Å². The minimum atomic E-state index is -4.85. The first-order valence-electron chi connectivity index (χ1n) is 9.18. The third-order valence-electron chi connectivity index (χ3n) is 4.95. The fraction of sp³-hybridized carbons (Fsp3) is 0.190. The molecule has 3 aromatic rings. The van der Waals surface area contributed by atoms with Gasteiger partial charge in [-0.15, -0.1) is 13.2 Å². The molecular formula is C21H15F4N3O3. The van der Waals surface area contributed by atoms with Crippen LogP contribution in [0.25, 0.3) is 10.9 Å². The van der Waals surface area contributed by atoms with Gasteiger partial charge in [0.25, 0.3) is 5.91 Å². The van der Waals surface area contributed by atoms with Crippen LogP contribution in [0.3, 0.4) is 0 Å². The van der Waals surface area contributed by atoms with Crippen LogP contribution in [-0.2, 0) is 11.3 Å². The van der Waals surface area contributed by atoms with E-state index in [0.717, 1.165) is 17.0 Å². The lowest BCUT2D eigenvalue weighted by molar-refractivity contribution is -0.274. The predicted octanol–water partition coefficient (Wildman–Crippen LogP) is 4.63. The topological polar surface area (TPSA) is 62.7 Å². The number of benzene rings is 2. The number of anilines is 1. The third-order valence-corrected chi connectivity index (χ3v) is 4.95. The fourth-order valence-corrected chi connectivity index (χ4v) is 3.49. The lowest BCUT2D eigenvalue weighted by Crippen LogP contribution is -2.33. The molecule has 0 N–H and O–H groups in total. The van der Waals surface area contributed by atoms with Gasteiger partial charge in [-0.2, -0.15) is 0 Å². The highest BCUT2D eigenvalue weighted by Gasteiger charge is 2.43. The average Bonchev–Trinajstić information content (AvgIpc) is 2.91. The largest absolute Gasteiger partial charge is 0.573 e. The summed E-state index contributed by atoms with van der Waals surface area (Å²) in [6.07, 6.45) is -3.37. The Bertz CT molecular complexity index is 1160. The van der Waals surface area contributed by atoms with Crippen molar-refractivity contribution in [2.24, 2.45) is 0 Å². The fourth-order valence-electron chi connectivity index (χ4n) is 3.49. The molecule has 0 aliphatic carbocycles. The number of rotatable bonds is 4. The Morgan fingerprint density at radius 2 is 1.77 bits per heavy atom. The van der Waals surface area contributed by atoms with E-state index >= 15 is 0 Å². The number of carbonyl (C=O) groups excluding carboxylic acids is 2. The molecule has 1 atom stereocenters. The normalized spacial score (nSPS) is 17.0. The molecule has 1 unspecified atom stereocenters. The molecule has 1 fully saturated rings. The molecule has 1 saturated heterocycles. The highest BCUT2D eigenvalue weighted by Crippen LogP contribution is 2.31. The minimum Gasteiger partial charge on any atom is -0.406 e. The van der Waals surface area contributed by atoms with Crippen molar-refractivity contribution in [2.75, 3.05) is 4.90 Å². The van der Waals surface area contributed by atoms with Crippen molar-refractivity contribution >= 4 is 28.5 Å². The zero-order valence-electron chi connectivity index (χ0n) is 16.1. The number of fused-ring (bicyclic) bond motifs is 1. The molecule has 1 aliphatic rings. The van der Waals surface area contributed by atoms with E-state index < -0.39 is 35.9 Å². The molecule has 2 aromatic carbocycles. The van der Waals surface area contributed by atoms with E-state index in [1.54, 1.807) is 12.1 Å². The van der Waals surface area contributed by atoms with Crippen LogP contribution in [0.4, 0.5) is 28.0 Å². The summed E-state index contributed by atoms with van der Waals surface area (Å²) in [5, 5.41) is 0.254. The number of halogens is 4. The number of carbonyl (C=O) groups is 2. The Kier molecular flexibility index (Phi) is 5.00. The van der Waals surface area contributed by atoms with Gasteiger partial charge in [-0.3, -0.25) is 9.78 Å². The zero-order chi connectivity index (χ0) is 22.3. The predicted molar refractivity (Wildman–Crippen MR) is 103 cm³/mol. The van der Waals surface area contributed by atoms with Crippen LogP contribution >= 0.6 is 0 Å². The number of ether oxygens (including phenoxy) is 1. The maximum atomic E-state index is 14.4. The molecule has 3 amide bonds. The molecule has 0 saturated carbocycles. The molecule has 6 nitrogen and oxygen atoms in total. The van der Waals surface area contributed by atoms with Crippen LogP contribution in [0, 0.1) is 5.82 Å². The quantitative estimate of drug-likeness (QED) is 0.445. The van der Waals surface area contributed by atoms with Crippen molar-refractivity contribution in [2.45, 2.75) is 25.9 Å². The van der Waals surface area contributed by atoms with E-state index in [1.165, 1.54) is 42.3 Å². The zero-order valence-corrected chi connectivity index (χ0v) is 16.1. The van der Waals surface area contributed by atoms with Crippen molar-refractivity contribution < 1.29 is 31.9 Å². The number of imide groups is 1. The summed E-state index contributed by atoms with van der Waals surface area (Å²) >= 11 is 0. The van der Waals surface area contributed by atoms with Gasteiger partial charge in [0.05, 0.1) is 11.2 Å². The van der Waals surface area contributed by atoms with Gasteiger partial charge in [0, 0.05) is 18.1 Å². The smallest absolute Gasteiger partial charge is 0.406 e. The summed E-state index contributed by atoms with van der Waals surface area (Å²) in [6, 6.07) is 8.91. The molecule has 2 heterocycles. The maximum Gasteiger partial charge on any atom is 0.573 e. The molecule has 0 radical (unpaired) electrons. The van der Waals surface area contributed by atoms with Gasteiger partial charge in [-0.1, -0.05) is 6.07 Å². The lowest BCUT2D eigenvalue weighted by atomic mass is 10.1. The molecule has 160 valence electrons. The Labute approximate surface area is 173 Å². The number of urea groups is 1. The summed E-state index contributed by atoms with van der Waals surface area (Å²) in [5.74, 6) is -1.52. The van der Waals surface area contributed by atoms with Crippen molar-refractivity contribution in [1.29, 1.82) is 0 Å². The summed E-state index contributed by atoms with van der Waals surface area (Å²) in [5.41, 5.74) is 0.997. The molecule has 10 heteroatoms. The maximum absolute atomic E-state index is 14.4. The van der Waals surface area contributed by atoms with E-state index in [4.69, 9.17) is 0 Å². The SMILES string of the molecule is CC1C(=O)N(c2ccc(OC(F)(F)F)cc2)C(=O)N1Cc1ccnc2cccc(F)c12. The van der Waals surface area contributed by atoms with Gasteiger partial charge in [0.2, 0.25) is 0 Å². The minimum absolute atomic E-state index is 0.0442.